The second kappa shape index (κ2) is 9.92. The van der Waals surface area contributed by atoms with E-state index in [0.29, 0.717) is 33.9 Å². The van der Waals surface area contributed by atoms with Gasteiger partial charge < -0.3 is 4.90 Å². The van der Waals surface area contributed by atoms with Gasteiger partial charge in [0, 0.05) is 23.7 Å². The summed E-state index contributed by atoms with van der Waals surface area (Å²) in [5.74, 6) is -0.725. The number of amides is 1. The monoisotopic (exact) mass is 452 g/mol. The molecule has 0 aliphatic rings. The third-order valence-corrected chi connectivity index (χ3v) is 5.58. The molecule has 1 amide bonds. The van der Waals surface area contributed by atoms with Gasteiger partial charge in [0.05, 0.1) is 15.1 Å². The Kier molecular flexibility index (Phi) is 7.83. The van der Waals surface area contributed by atoms with Crippen LogP contribution < -0.4 is 4.90 Å². The van der Waals surface area contributed by atoms with E-state index in [1.165, 1.54) is 40.5 Å². The fourth-order valence-corrected chi connectivity index (χ4v) is 4.04. The molecular weight excluding hydrogens is 431 g/mol. The molecule has 0 bridgehead atoms. The van der Waals surface area contributed by atoms with E-state index < -0.39 is 4.92 Å². The Bertz CT molecular complexity index is 1070. The van der Waals surface area contributed by atoms with Crippen LogP contribution >= 0.6 is 23.7 Å². The van der Waals surface area contributed by atoms with Crippen LogP contribution in [0.5, 0.6) is 0 Å². The van der Waals surface area contributed by atoms with Gasteiger partial charge in [-0.25, -0.2) is 9.37 Å². The number of halogens is 2. The van der Waals surface area contributed by atoms with Crippen LogP contribution in [0.3, 0.4) is 0 Å². The third kappa shape index (κ3) is 5.10. The lowest BCUT2D eigenvalue weighted by molar-refractivity contribution is -0.385. The second-order valence-corrected chi connectivity index (χ2v) is 7.94. The van der Waals surface area contributed by atoms with E-state index in [1.807, 2.05) is 19.0 Å². The Morgan fingerprint density at radius 1 is 1.23 bits per heavy atom. The predicted molar refractivity (Wildman–Crippen MR) is 120 cm³/mol. The molecule has 0 fully saturated rings. The quantitative estimate of drug-likeness (QED) is 0.384. The van der Waals surface area contributed by atoms with Gasteiger partial charge in [-0.2, -0.15) is 0 Å². The number of nitrogens with zero attached hydrogens (tertiary/aromatic N) is 4. The lowest BCUT2D eigenvalue weighted by Gasteiger charge is -2.21. The molecule has 0 N–H and O–H groups in total. The number of benzene rings is 2. The number of hydrogen-bond donors (Lipinski definition) is 0. The molecule has 1 heterocycles. The number of thiazole rings is 1. The molecule has 0 saturated heterocycles. The van der Waals surface area contributed by atoms with Gasteiger partial charge in [-0.1, -0.05) is 17.4 Å². The summed E-state index contributed by atoms with van der Waals surface area (Å²) < 4.78 is 14.2. The summed E-state index contributed by atoms with van der Waals surface area (Å²) in [4.78, 5) is 32.1. The number of hydrogen-bond acceptors (Lipinski definition) is 6. The largest absolute Gasteiger partial charge is 0.309 e. The van der Waals surface area contributed by atoms with Gasteiger partial charge in [0.15, 0.2) is 5.13 Å². The number of carbonyl (C=O) groups is 1. The van der Waals surface area contributed by atoms with Gasteiger partial charge in [0.2, 0.25) is 0 Å². The molecule has 0 aliphatic carbocycles. The Balaban J connectivity index is 0.00000320. The average molecular weight is 453 g/mol. The van der Waals surface area contributed by atoms with Gasteiger partial charge in [0.1, 0.15) is 5.82 Å². The third-order valence-electron chi connectivity index (χ3n) is 4.53. The zero-order chi connectivity index (χ0) is 21.1. The maximum Gasteiger partial charge on any atom is 0.273 e. The molecule has 3 rings (SSSR count). The summed E-state index contributed by atoms with van der Waals surface area (Å²) in [5.41, 5.74) is 1.07. The van der Waals surface area contributed by atoms with Crippen LogP contribution in [0.2, 0.25) is 0 Å². The van der Waals surface area contributed by atoms with E-state index in [1.54, 1.807) is 19.1 Å². The number of aromatic nitrogens is 1. The maximum absolute atomic E-state index is 13.6. The molecule has 0 saturated carbocycles. The summed E-state index contributed by atoms with van der Waals surface area (Å²) in [6, 6.07) is 8.75. The molecule has 0 aliphatic heterocycles. The molecule has 2 aromatic carbocycles. The van der Waals surface area contributed by atoms with Crippen LogP contribution in [0.4, 0.5) is 15.2 Å². The van der Waals surface area contributed by atoms with Crippen molar-refractivity contribution in [3.05, 3.63) is 63.5 Å². The van der Waals surface area contributed by atoms with Crippen molar-refractivity contribution < 1.29 is 14.1 Å². The Hall–Kier alpha value is -2.62. The second-order valence-electron chi connectivity index (χ2n) is 6.93. The van der Waals surface area contributed by atoms with Crippen molar-refractivity contribution in [2.45, 2.75) is 13.3 Å². The number of anilines is 1. The minimum atomic E-state index is -0.497. The van der Waals surface area contributed by atoms with Crippen LogP contribution in [0.25, 0.3) is 10.2 Å². The fraction of sp³-hybridized carbons (Fsp3) is 0.300. The molecule has 1 aromatic heterocycles. The van der Waals surface area contributed by atoms with Gasteiger partial charge in [-0.15, -0.1) is 12.4 Å². The smallest absolute Gasteiger partial charge is 0.273 e. The summed E-state index contributed by atoms with van der Waals surface area (Å²) in [7, 11) is 3.88. The first-order valence-corrected chi connectivity index (χ1v) is 9.86. The van der Waals surface area contributed by atoms with E-state index in [-0.39, 0.29) is 35.4 Å². The highest BCUT2D eigenvalue weighted by atomic mass is 35.5. The van der Waals surface area contributed by atoms with Gasteiger partial charge in [0.25, 0.3) is 11.6 Å². The topological polar surface area (TPSA) is 79.6 Å². The number of nitro groups is 1. The first-order chi connectivity index (χ1) is 13.8. The van der Waals surface area contributed by atoms with E-state index in [0.717, 1.165) is 6.54 Å². The summed E-state index contributed by atoms with van der Waals surface area (Å²) in [6.45, 7) is 2.72. The summed E-state index contributed by atoms with van der Waals surface area (Å²) >= 11 is 1.22. The molecule has 3 aromatic rings. The molecule has 0 atom stereocenters. The lowest BCUT2D eigenvalue weighted by Crippen LogP contribution is -2.34. The minimum absolute atomic E-state index is 0. The minimum Gasteiger partial charge on any atom is -0.309 e. The van der Waals surface area contributed by atoms with Gasteiger partial charge >= 0.3 is 0 Å². The molecular formula is C20H22ClFN4O3S. The van der Waals surface area contributed by atoms with Crippen molar-refractivity contribution in [3.63, 3.8) is 0 Å². The molecule has 160 valence electrons. The molecule has 0 unspecified atom stereocenters. The summed E-state index contributed by atoms with van der Waals surface area (Å²) in [5, 5.41) is 11.7. The van der Waals surface area contributed by atoms with E-state index in [4.69, 9.17) is 0 Å². The van der Waals surface area contributed by atoms with Crippen molar-refractivity contribution in [1.29, 1.82) is 0 Å². The SMILES string of the molecule is Cc1c(C(=O)N(CCCN(C)C)c2nc3ccc(F)cc3s2)cccc1[N+](=O)[O-].Cl. The van der Waals surface area contributed by atoms with E-state index in [2.05, 4.69) is 4.98 Å². The first-order valence-electron chi connectivity index (χ1n) is 9.04. The van der Waals surface area contributed by atoms with Crippen molar-refractivity contribution in [3.8, 4) is 0 Å². The van der Waals surface area contributed by atoms with Crippen molar-refractivity contribution in [2.24, 2.45) is 0 Å². The maximum atomic E-state index is 13.6. The number of fused-ring (bicyclic) bond motifs is 1. The van der Waals surface area contributed by atoms with Gasteiger partial charge in [-0.3, -0.25) is 19.8 Å². The highest BCUT2D eigenvalue weighted by Crippen LogP contribution is 2.31. The molecule has 0 spiro atoms. The zero-order valence-corrected chi connectivity index (χ0v) is 18.4. The molecule has 7 nitrogen and oxygen atoms in total. The fourth-order valence-electron chi connectivity index (χ4n) is 3.03. The number of carbonyl (C=O) groups excluding carboxylic acids is 1. The van der Waals surface area contributed by atoms with E-state index >= 15 is 0 Å². The van der Waals surface area contributed by atoms with E-state index in [9.17, 15) is 19.3 Å². The van der Waals surface area contributed by atoms with Crippen molar-refractivity contribution >= 4 is 50.7 Å². The Morgan fingerprint density at radius 3 is 2.63 bits per heavy atom. The van der Waals surface area contributed by atoms with Crippen LogP contribution in [0.1, 0.15) is 22.3 Å². The van der Waals surface area contributed by atoms with Crippen LogP contribution in [0, 0.1) is 22.9 Å². The molecule has 30 heavy (non-hydrogen) atoms. The first kappa shape index (κ1) is 23.7. The number of nitro benzene ring substituents is 1. The number of rotatable bonds is 7. The predicted octanol–water partition coefficient (Wildman–Crippen LogP) is 4.67. The van der Waals surface area contributed by atoms with Crippen LogP contribution in [-0.4, -0.2) is 47.9 Å². The Labute approximate surface area is 183 Å². The van der Waals surface area contributed by atoms with Gasteiger partial charge in [-0.05, 0) is 58.3 Å². The zero-order valence-electron chi connectivity index (χ0n) is 16.8. The highest BCUT2D eigenvalue weighted by Gasteiger charge is 2.25. The highest BCUT2D eigenvalue weighted by molar-refractivity contribution is 7.22. The Morgan fingerprint density at radius 2 is 1.97 bits per heavy atom. The lowest BCUT2D eigenvalue weighted by atomic mass is 10.1. The normalized spacial score (nSPS) is 10.8. The van der Waals surface area contributed by atoms with Crippen LogP contribution in [-0.2, 0) is 0 Å². The molecule has 0 radical (unpaired) electrons. The van der Waals surface area contributed by atoms with Crippen molar-refractivity contribution in [2.75, 3.05) is 32.1 Å². The van der Waals surface area contributed by atoms with Crippen LogP contribution in [0.15, 0.2) is 36.4 Å². The summed E-state index contributed by atoms with van der Waals surface area (Å²) in [6.07, 6.45) is 0.691. The molecule has 10 heteroatoms. The standard InChI is InChI=1S/C20H21FN4O3S.ClH/c1-13-15(6-4-7-17(13)25(27)28)19(26)24(11-5-10-23(2)3)20-22-16-9-8-14(21)12-18(16)29-20;/h4,6-9,12H,5,10-11H2,1-3H3;1H. The average Bonchev–Trinajstić information content (AvgIpc) is 3.07. The van der Waals surface area contributed by atoms with Crippen molar-refractivity contribution in [1.82, 2.24) is 9.88 Å².